The Bertz CT molecular complexity index is 970. The van der Waals surface area contributed by atoms with Crippen LogP contribution in [0.1, 0.15) is 22.8 Å². The molecule has 3 rings (SSSR count). The summed E-state index contributed by atoms with van der Waals surface area (Å²) < 4.78 is 1.87. The number of aryl methyl sites for hydroxylation is 1. The van der Waals surface area contributed by atoms with Crippen molar-refractivity contribution in [1.82, 2.24) is 14.8 Å². The van der Waals surface area contributed by atoms with Gasteiger partial charge in [-0.05, 0) is 30.2 Å². The molecule has 0 spiro atoms. The third kappa shape index (κ3) is 4.35. The zero-order valence-electron chi connectivity index (χ0n) is 14.8. The second-order valence-electron chi connectivity index (χ2n) is 5.71. The maximum Gasteiger partial charge on any atom is 0.250 e. The third-order valence-electron chi connectivity index (χ3n) is 3.95. The third-order valence-corrected chi connectivity index (χ3v) is 4.89. The fraction of sp³-hybridized carbons (Fsp3) is 0.158. The molecule has 0 aliphatic carbocycles. The molecule has 0 aliphatic heterocycles. The Balaban J connectivity index is 1.71. The highest BCUT2D eigenvalue weighted by Crippen LogP contribution is 2.23. The molecule has 2 amide bonds. The van der Waals surface area contributed by atoms with E-state index in [0.29, 0.717) is 10.8 Å². The van der Waals surface area contributed by atoms with Crippen molar-refractivity contribution >= 4 is 29.3 Å². The number of rotatable bonds is 7. The van der Waals surface area contributed by atoms with Gasteiger partial charge in [0.2, 0.25) is 5.91 Å². The van der Waals surface area contributed by atoms with Crippen LogP contribution in [0.15, 0.2) is 60.0 Å². The Morgan fingerprint density at radius 1 is 1.15 bits per heavy atom. The van der Waals surface area contributed by atoms with Gasteiger partial charge in [0.1, 0.15) is 6.33 Å². The van der Waals surface area contributed by atoms with Crippen molar-refractivity contribution in [3.8, 4) is 5.69 Å². The molecule has 0 bridgehead atoms. The van der Waals surface area contributed by atoms with Crippen LogP contribution in [-0.2, 0) is 11.2 Å². The molecule has 7 nitrogen and oxygen atoms in total. The van der Waals surface area contributed by atoms with Crippen LogP contribution in [0.5, 0.6) is 0 Å². The summed E-state index contributed by atoms with van der Waals surface area (Å²) in [5, 5.41) is 11.4. The quantitative estimate of drug-likeness (QED) is 0.613. The number of carbonyl (C=O) groups excluding carboxylic acids is 2. The summed E-state index contributed by atoms with van der Waals surface area (Å²) in [7, 11) is 0. The van der Waals surface area contributed by atoms with E-state index in [-0.39, 0.29) is 17.2 Å². The highest BCUT2D eigenvalue weighted by Gasteiger charge is 2.14. The number of benzene rings is 2. The first-order chi connectivity index (χ1) is 13.1. The zero-order chi connectivity index (χ0) is 19.2. The number of nitrogens with zero attached hydrogens (tertiary/aromatic N) is 3. The largest absolute Gasteiger partial charge is 0.366 e. The number of hydrogen-bond acceptors (Lipinski definition) is 5. The van der Waals surface area contributed by atoms with E-state index in [9.17, 15) is 9.59 Å². The van der Waals surface area contributed by atoms with E-state index in [1.807, 2.05) is 22.8 Å². The van der Waals surface area contributed by atoms with Crippen LogP contribution < -0.4 is 11.1 Å². The Morgan fingerprint density at radius 2 is 1.89 bits per heavy atom. The molecule has 0 aliphatic rings. The number of amides is 2. The standard InChI is InChI=1S/C19H19N5O2S/c1-2-13-7-3-6-10-16(13)24-12-21-23-19(24)27-11-17(25)22-15-9-5-4-8-14(15)18(20)26/h3-10,12H,2,11H2,1H3,(H2,20,26)(H,22,25). The molecule has 3 aromatic rings. The molecular weight excluding hydrogens is 362 g/mol. The molecular formula is C19H19N5O2S. The van der Waals surface area contributed by atoms with Gasteiger partial charge in [-0.25, -0.2) is 0 Å². The molecule has 0 atom stereocenters. The van der Waals surface area contributed by atoms with E-state index in [4.69, 9.17) is 5.73 Å². The van der Waals surface area contributed by atoms with Gasteiger partial charge < -0.3 is 11.1 Å². The van der Waals surface area contributed by atoms with Gasteiger partial charge in [-0.15, -0.1) is 10.2 Å². The molecule has 3 N–H and O–H groups in total. The second kappa shape index (κ2) is 8.50. The lowest BCUT2D eigenvalue weighted by Gasteiger charge is -2.11. The molecule has 27 heavy (non-hydrogen) atoms. The first-order valence-electron chi connectivity index (χ1n) is 8.40. The summed E-state index contributed by atoms with van der Waals surface area (Å²) in [5.41, 5.74) is 8.16. The van der Waals surface area contributed by atoms with Crippen molar-refractivity contribution < 1.29 is 9.59 Å². The number of carbonyl (C=O) groups is 2. The maximum absolute atomic E-state index is 12.3. The molecule has 0 saturated heterocycles. The Morgan fingerprint density at radius 3 is 2.67 bits per heavy atom. The number of primary amides is 1. The highest BCUT2D eigenvalue weighted by molar-refractivity contribution is 7.99. The van der Waals surface area contributed by atoms with Crippen LogP contribution in [0.4, 0.5) is 5.69 Å². The number of aromatic nitrogens is 3. The number of nitrogens with two attached hydrogens (primary N) is 1. The lowest BCUT2D eigenvalue weighted by atomic mass is 10.1. The fourth-order valence-corrected chi connectivity index (χ4v) is 3.38. The summed E-state index contributed by atoms with van der Waals surface area (Å²) in [4.78, 5) is 23.8. The van der Waals surface area contributed by atoms with Gasteiger partial charge >= 0.3 is 0 Å². The average Bonchev–Trinajstić information content (AvgIpc) is 3.15. The highest BCUT2D eigenvalue weighted by atomic mass is 32.2. The van der Waals surface area contributed by atoms with Gasteiger partial charge in [-0.2, -0.15) is 0 Å². The van der Waals surface area contributed by atoms with Crippen molar-refractivity contribution in [3.05, 3.63) is 66.0 Å². The minimum atomic E-state index is -0.588. The van der Waals surface area contributed by atoms with Crippen molar-refractivity contribution in [2.45, 2.75) is 18.5 Å². The first-order valence-corrected chi connectivity index (χ1v) is 9.38. The Hall–Kier alpha value is -3.13. The summed E-state index contributed by atoms with van der Waals surface area (Å²) in [6.45, 7) is 2.08. The van der Waals surface area contributed by atoms with Gasteiger partial charge in [-0.1, -0.05) is 49.0 Å². The predicted molar refractivity (Wildman–Crippen MR) is 105 cm³/mol. The van der Waals surface area contributed by atoms with Crippen LogP contribution in [-0.4, -0.2) is 32.3 Å². The first kappa shape index (κ1) is 18.7. The Kier molecular flexibility index (Phi) is 5.87. The molecule has 138 valence electrons. The van der Waals surface area contributed by atoms with Crippen LogP contribution in [0.25, 0.3) is 5.69 Å². The summed E-state index contributed by atoms with van der Waals surface area (Å²) in [6, 6.07) is 14.6. The average molecular weight is 381 g/mol. The smallest absolute Gasteiger partial charge is 0.250 e. The monoisotopic (exact) mass is 381 g/mol. The van der Waals surface area contributed by atoms with Gasteiger partial charge in [0.15, 0.2) is 5.16 Å². The van der Waals surface area contributed by atoms with Crippen molar-refractivity contribution in [3.63, 3.8) is 0 Å². The van der Waals surface area contributed by atoms with Crippen molar-refractivity contribution in [2.75, 3.05) is 11.1 Å². The minimum absolute atomic E-state index is 0.125. The van der Waals surface area contributed by atoms with E-state index >= 15 is 0 Å². The predicted octanol–water partition coefficient (Wildman–Crippen LogP) is 2.66. The van der Waals surface area contributed by atoms with Crippen LogP contribution in [0.3, 0.4) is 0 Å². The van der Waals surface area contributed by atoms with E-state index in [1.54, 1.807) is 30.6 Å². The van der Waals surface area contributed by atoms with Gasteiger partial charge in [0.05, 0.1) is 22.7 Å². The van der Waals surface area contributed by atoms with E-state index in [0.717, 1.165) is 12.1 Å². The lowest BCUT2D eigenvalue weighted by Crippen LogP contribution is -2.19. The summed E-state index contributed by atoms with van der Waals surface area (Å²) in [6.07, 6.45) is 2.51. The van der Waals surface area contributed by atoms with Gasteiger partial charge in [-0.3, -0.25) is 14.2 Å². The number of thioether (sulfide) groups is 1. The van der Waals surface area contributed by atoms with Crippen molar-refractivity contribution in [1.29, 1.82) is 0 Å². The number of nitrogens with one attached hydrogen (secondary N) is 1. The molecule has 1 heterocycles. The Labute approximate surface area is 161 Å². The van der Waals surface area contributed by atoms with Crippen LogP contribution in [0, 0.1) is 0 Å². The summed E-state index contributed by atoms with van der Waals surface area (Å²) >= 11 is 1.27. The van der Waals surface area contributed by atoms with E-state index in [1.165, 1.54) is 17.3 Å². The van der Waals surface area contributed by atoms with Crippen LogP contribution in [0.2, 0.25) is 0 Å². The topological polar surface area (TPSA) is 103 Å². The SMILES string of the molecule is CCc1ccccc1-n1cnnc1SCC(=O)Nc1ccccc1C(N)=O. The van der Waals surface area contributed by atoms with E-state index < -0.39 is 5.91 Å². The number of anilines is 1. The zero-order valence-corrected chi connectivity index (χ0v) is 15.6. The molecule has 2 aromatic carbocycles. The minimum Gasteiger partial charge on any atom is -0.366 e. The van der Waals surface area contributed by atoms with Crippen LogP contribution >= 0.6 is 11.8 Å². The maximum atomic E-state index is 12.3. The lowest BCUT2D eigenvalue weighted by molar-refractivity contribution is -0.113. The van der Waals surface area contributed by atoms with Gasteiger partial charge in [0.25, 0.3) is 5.91 Å². The normalized spacial score (nSPS) is 10.6. The fourth-order valence-electron chi connectivity index (χ4n) is 2.66. The van der Waals surface area contributed by atoms with Gasteiger partial charge in [0, 0.05) is 0 Å². The molecule has 0 fully saturated rings. The summed E-state index contributed by atoms with van der Waals surface area (Å²) in [5.74, 6) is -0.721. The molecule has 8 heteroatoms. The number of para-hydroxylation sites is 2. The molecule has 1 aromatic heterocycles. The molecule has 0 radical (unpaired) electrons. The van der Waals surface area contributed by atoms with E-state index in [2.05, 4.69) is 28.5 Å². The van der Waals surface area contributed by atoms with Crippen molar-refractivity contribution in [2.24, 2.45) is 5.73 Å². The number of hydrogen-bond donors (Lipinski definition) is 2. The second-order valence-corrected chi connectivity index (χ2v) is 6.65. The molecule has 0 unspecified atom stereocenters. The molecule has 0 saturated carbocycles.